The number of hydrogen-bond donors (Lipinski definition) is 1. The van der Waals surface area contributed by atoms with Crippen molar-refractivity contribution in [1.29, 1.82) is 0 Å². The van der Waals surface area contributed by atoms with Gasteiger partial charge in [0.2, 0.25) is 5.91 Å². The summed E-state index contributed by atoms with van der Waals surface area (Å²) >= 11 is 0. The number of aromatic nitrogens is 2. The number of carbonyl (C=O) groups excluding carboxylic acids is 3. The summed E-state index contributed by atoms with van der Waals surface area (Å²) in [4.78, 5) is 40.5. The molecule has 1 saturated heterocycles. The molecule has 2 aromatic rings. The molecule has 3 rings (SSSR count). The molecule has 1 aliphatic rings. The Labute approximate surface area is 163 Å². The van der Waals surface area contributed by atoms with Gasteiger partial charge in [0, 0.05) is 37.7 Å². The number of benzene rings is 1. The molecule has 1 aromatic heterocycles. The molecule has 0 bridgehead atoms. The molecule has 0 radical (unpaired) electrons. The van der Waals surface area contributed by atoms with Crippen molar-refractivity contribution < 1.29 is 14.4 Å². The Morgan fingerprint density at radius 1 is 0.964 bits per heavy atom. The summed E-state index contributed by atoms with van der Waals surface area (Å²) in [5.41, 5.74) is 5.98. The maximum Gasteiger partial charge on any atom is 0.274 e. The lowest BCUT2D eigenvalue weighted by atomic mass is 9.94. The van der Waals surface area contributed by atoms with Gasteiger partial charge in [-0.25, -0.2) is 4.68 Å². The second-order valence-corrected chi connectivity index (χ2v) is 7.86. The van der Waals surface area contributed by atoms with E-state index in [0.717, 1.165) is 0 Å². The van der Waals surface area contributed by atoms with E-state index in [0.29, 0.717) is 31.9 Å². The Kier molecular flexibility index (Phi) is 5.22. The molecule has 28 heavy (non-hydrogen) atoms. The van der Waals surface area contributed by atoms with E-state index in [1.165, 1.54) is 10.7 Å². The molecule has 0 unspecified atom stereocenters. The third-order valence-electron chi connectivity index (χ3n) is 4.68. The maximum absolute atomic E-state index is 12.9. The molecule has 1 aliphatic heterocycles. The molecule has 148 valence electrons. The number of amides is 3. The summed E-state index contributed by atoms with van der Waals surface area (Å²) in [6.07, 6.45) is 0. The topological polar surface area (TPSA) is 102 Å². The van der Waals surface area contributed by atoms with E-state index in [1.807, 2.05) is 39.0 Å². The Balaban J connectivity index is 1.77. The van der Waals surface area contributed by atoms with E-state index in [9.17, 15) is 14.4 Å². The van der Waals surface area contributed by atoms with Gasteiger partial charge in [-0.15, -0.1) is 0 Å². The van der Waals surface area contributed by atoms with Crippen LogP contribution in [0.15, 0.2) is 36.4 Å². The summed E-state index contributed by atoms with van der Waals surface area (Å²) < 4.78 is 1.38. The van der Waals surface area contributed by atoms with Gasteiger partial charge in [0.25, 0.3) is 11.8 Å². The van der Waals surface area contributed by atoms with E-state index in [2.05, 4.69) is 5.10 Å². The summed E-state index contributed by atoms with van der Waals surface area (Å²) in [5, 5.41) is 4.31. The average Bonchev–Trinajstić information content (AvgIpc) is 3.13. The van der Waals surface area contributed by atoms with E-state index in [1.54, 1.807) is 21.9 Å². The summed E-state index contributed by atoms with van der Waals surface area (Å²) in [7, 11) is 0. The van der Waals surface area contributed by atoms with Crippen LogP contribution >= 0.6 is 0 Å². The molecule has 3 amide bonds. The van der Waals surface area contributed by atoms with Crippen LogP contribution in [0.25, 0.3) is 5.69 Å². The van der Waals surface area contributed by atoms with Gasteiger partial charge < -0.3 is 15.5 Å². The predicted molar refractivity (Wildman–Crippen MR) is 104 cm³/mol. The van der Waals surface area contributed by atoms with Crippen LogP contribution in [0.1, 0.15) is 41.7 Å². The van der Waals surface area contributed by atoms with Crippen molar-refractivity contribution in [2.24, 2.45) is 11.1 Å². The molecule has 0 saturated carbocycles. The zero-order chi connectivity index (χ0) is 20.5. The van der Waals surface area contributed by atoms with Gasteiger partial charge in [0.15, 0.2) is 5.69 Å². The van der Waals surface area contributed by atoms with Crippen LogP contribution in [0.4, 0.5) is 0 Å². The van der Waals surface area contributed by atoms with Gasteiger partial charge in [-0.05, 0) is 12.1 Å². The number of nitrogens with zero attached hydrogens (tertiary/aromatic N) is 4. The molecule has 1 fully saturated rings. The van der Waals surface area contributed by atoms with Crippen LogP contribution in [0, 0.1) is 5.41 Å². The zero-order valence-corrected chi connectivity index (χ0v) is 16.4. The van der Waals surface area contributed by atoms with Gasteiger partial charge in [-0.2, -0.15) is 5.10 Å². The van der Waals surface area contributed by atoms with Crippen LogP contribution in [-0.2, 0) is 4.79 Å². The van der Waals surface area contributed by atoms with E-state index in [4.69, 9.17) is 5.73 Å². The summed E-state index contributed by atoms with van der Waals surface area (Å²) in [6.45, 7) is 7.45. The first kappa shape index (κ1) is 19.6. The number of hydrogen-bond acceptors (Lipinski definition) is 4. The minimum absolute atomic E-state index is 0.0731. The molecule has 0 aliphatic carbocycles. The minimum Gasteiger partial charge on any atom is -0.364 e. The van der Waals surface area contributed by atoms with E-state index < -0.39 is 11.3 Å². The number of carbonyl (C=O) groups is 3. The molecule has 8 heteroatoms. The van der Waals surface area contributed by atoms with Crippen molar-refractivity contribution in [1.82, 2.24) is 19.6 Å². The van der Waals surface area contributed by atoms with Crippen molar-refractivity contribution in [3.05, 3.63) is 47.8 Å². The molecule has 0 atom stereocenters. The number of piperazine rings is 1. The van der Waals surface area contributed by atoms with Crippen LogP contribution in [0.2, 0.25) is 0 Å². The van der Waals surface area contributed by atoms with Crippen molar-refractivity contribution in [2.45, 2.75) is 20.8 Å². The van der Waals surface area contributed by atoms with Crippen molar-refractivity contribution in [3.8, 4) is 5.69 Å². The Hall–Kier alpha value is -3.16. The normalized spacial score (nSPS) is 14.8. The van der Waals surface area contributed by atoms with Crippen molar-refractivity contribution in [2.75, 3.05) is 26.2 Å². The second kappa shape index (κ2) is 7.46. The first-order chi connectivity index (χ1) is 13.2. The number of para-hydroxylation sites is 1. The summed E-state index contributed by atoms with van der Waals surface area (Å²) in [6, 6.07) is 10.5. The number of nitrogens with two attached hydrogens (primary N) is 1. The lowest BCUT2D eigenvalue weighted by molar-refractivity contribution is -0.140. The lowest BCUT2D eigenvalue weighted by Gasteiger charge is -2.37. The highest BCUT2D eigenvalue weighted by atomic mass is 16.2. The third-order valence-corrected chi connectivity index (χ3v) is 4.68. The minimum atomic E-state index is -0.656. The first-order valence-corrected chi connectivity index (χ1v) is 9.22. The number of primary amides is 1. The van der Waals surface area contributed by atoms with Crippen molar-refractivity contribution >= 4 is 17.7 Å². The smallest absolute Gasteiger partial charge is 0.274 e. The number of rotatable bonds is 3. The monoisotopic (exact) mass is 383 g/mol. The molecule has 2 N–H and O–H groups in total. The molecule has 0 spiro atoms. The van der Waals surface area contributed by atoms with Crippen molar-refractivity contribution in [3.63, 3.8) is 0 Å². The molecule has 1 aromatic carbocycles. The van der Waals surface area contributed by atoms with Crippen LogP contribution in [0.3, 0.4) is 0 Å². The highest BCUT2D eigenvalue weighted by molar-refractivity contribution is 5.97. The Morgan fingerprint density at radius 2 is 1.54 bits per heavy atom. The highest BCUT2D eigenvalue weighted by Gasteiger charge is 2.32. The fraction of sp³-hybridized carbons (Fsp3) is 0.400. The second-order valence-electron chi connectivity index (χ2n) is 7.86. The fourth-order valence-electron chi connectivity index (χ4n) is 3.18. The Morgan fingerprint density at radius 3 is 2.07 bits per heavy atom. The van der Waals surface area contributed by atoms with Gasteiger partial charge in [-0.3, -0.25) is 14.4 Å². The fourth-order valence-corrected chi connectivity index (χ4v) is 3.18. The van der Waals surface area contributed by atoms with Crippen LogP contribution in [0.5, 0.6) is 0 Å². The van der Waals surface area contributed by atoms with Crippen LogP contribution in [-0.4, -0.2) is 63.5 Å². The predicted octanol–water partition coefficient (Wildman–Crippen LogP) is 1.30. The maximum atomic E-state index is 12.9. The SMILES string of the molecule is CC(C)(C)C(=O)N1CCN(C(=O)c2cc(C(N)=O)n(-c3ccccc3)n2)CC1. The van der Waals surface area contributed by atoms with Gasteiger partial charge >= 0.3 is 0 Å². The standard InChI is InChI=1S/C20H25N5O3/c1-20(2,3)19(28)24-11-9-23(10-12-24)18(27)15-13-16(17(21)26)25(22-15)14-7-5-4-6-8-14/h4-8,13H,9-12H2,1-3H3,(H2,21,26). The average molecular weight is 383 g/mol. The first-order valence-electron chi connectivity index (χ1n) is 9.22. The van der Waals surface area contributed by atoms with E-state index >= 15 is 0 Å². The lowest BCUT2D eigenvalue weighted by Crippen LogP contribution is -2.53. The van der Waals surface area contributed by atoms with Crippen LogP contribution < -0.4 is 5.73 Å². The van der Waals surface area contributed by atoms with Gasteiger partial charge in [0.1, 0.15) is 5.69 Å². The van der Waals surface area contributed by atoms with Gasteiger partial charge in [0.05, 0.1) is 5.69 Å². The molecular weight excluding hydrogens is 358 g/mol. The quantitative estimate of drug-likeness (QED) is 0.863. The molecule has 2 heterocycles. The third kappa shape index (κ3) is 3.90. The molecule has 8 nitrogen and oxygen atoms in total. The highest BCUT2D eigenvalue weighted by Crippen LogP contribution is 2.20. The molecular formula is C20H25N5O3. The largest absolute Gasteiger partial charge is 0.364 e. The Bertz CT molecular complexity index is 890. The zero-order valence-electron chi connectivity index (χ0n) is 16.4. The van der Waals surface area contributed by atoms with E-state index in [-0.39, 0.29) is 23.2 Å². The summed E-state index contributed by atoms with van der Waals surface area (Å²) in [5.74, 6) is -0.861. The van der Waals surface area contributed by atoms with Gasteiger partial charge in [-0.1, -0.05) is 39.0 Å².